The third-order valence-electron chi connectivity index (χ3n) is 2.12. The maximum Gasteiger partial charge on any atom is 0.160 e. The summed E-state index contributed by atoms with van der Waals surface area (Å²) >= 11 is 5.95. The van der Waals surface area contributed by atoms with Crippen LogP contribution >= 0.6 is 11.6 Å². The third-order valence-corrected chi connectivity index (χ3v) is 2.39. The Morgan fingerprint density at radius 3 is 2.69 bits per heavy atom. The van der Waals surface area contributed by atoms with E-state index in [1.807, 2.05) is 13.0 Å². The molecule has 84 valence electrons. The van der Waals surface area contributed by atoms with Gasteiger partial charge in [0.05, 0.1) is 5.69 Å². The molecule has 2 heterocycles. The number of anilines is 1. The minimum atomic E-state index is 0.211. The molecule has 5 nitrogen and oxygen atoms in total. The van der Waals surface area contributed by atoms with E-state index in [1.54, 1.807) is 6.07 Å². The number of halogens is 1. The standard InChI is InChI=1S/C10H11ClN4O/c1-5-2-3-7(16-5)8-9(11)15-10(13)6(4-12)14-8/h2-3H,4,12H2,1H3,(H2,13,15). The van der Waals surface area contributed by atoms with E-state index in [0.717, 1.165) is 5.76 Å². The number of rotatable bonds is 2. The fourth-order valence-electron chi connectivity index (χ4n) is 1.33. The van der Waals surface area contributed by atoms with Crippen molar-refractivity contribution in [2.75, 3.05) is 5.73 Å². The lowest BCUT2D eigenvalue weighted by atomic mass is 10.3. The van der Waals surface area contributed by atoms with Gasteiger partial charge in [0.1, 0.15) is 17.3 Å². The lowest BCUT2D eigenvalue weighted by Gasteiger charge is -2.05. The molecule has 2 aromatic heterocycles. The summed E-state index contributed by atoms with van der Waals surface area (Å²) in [7, 11) is 0. The number of nitrogen functional groups attached to an aromatic ring is 1. The first-order valence-corrected chi connectivity index (χ1v) is 5.08. The highest BCUT2D eigenvalue weighted by Gasteiger charge is 2.13. The van der Waals surface area contributed by atoms with Crippen molar-refractivity contribution in [1.82, 2.24) is 9.97 Å². The van der Waals surface area contributed by atoms with Crippen molar-refractivity contribution in [2.24, 2.45) is 5.73 Å². The van der Waals surface area contributed by atoms with Crippen molar-refractivity contribution in [3.8, 4) is 11.5 Å². The number of aromatic nitrogens is 2. The minimum Gasteiger partial charge on any atom is -0.460 e. The van der Waals surface area contributed by atoms with E-state index < -0.39 is 0 Å². The normalized spacial score (nSPS) is 10.7. The molecule has 0 saturated heterocycles. The Morgan fingerprint density at radius 2 is 2.12 bits per heavy atom. The quantitative estimate of drug-likeness (QED) is 0.832. The summed E-state index contributed by atoms with van der Waals surface area (Å²) in [4.78, 5) is 8.21. The minimum absolute atomic E-state index is 0.211. The molecule has 0 unspecified atom stereocenters. The van der Waals surface area contributed by atoms with E-state index in [1.165, 1.54) is 0 Å². The number of aryl methyl sites for hydroxylation is 1. The highest BCUT2D eigenvalue weighted by Crippen LogP contribution is 2.27. The van der Waals surface area contributed by atoms with Crippen molar-refractivity contribution in [1.29, 1.82) is 0 Å². The van der Waals surface area contributed by atoms with Crippen LogP contribution in [0.15, 0.2) is 16.5 Å². The molecule has 0 aromatic carbocycles. The SMILES string of the molecule is Cc1ccc(-c2nc(CN)c(N)nc2Cl)o1. The number of hydrogen-bond donors (Lipinski definition) is 2. The summed E-state index contributed by atoms with van der Waals surface area (Å²) in [6.07, 6.45) is 0. The van der Waals surface area contributed by atoms with E-state index >= 15 is 0 Å². The van der Waals surface area contributed by atoms with Crippen LogP contribution < -0.4 is 11.5 Å². The van der Waals surface area contributed by atoms with Crippen LogP contribution in [0.2, 0.25) is 5.15 Å². The molecule has 0 aliphatic carbocycles. The van der Waals surface area contributed by atoms with Crippen LogP contribution in [0.5, 0.6) is 0 Å². The van der Waals surface area contributed by atoms with Crippen LogP contribution in [0.1, 0.15) is 11.5 Å². The molecule has 0 bridgehead atoms. The molecule has 0 radical (unpaired) electrons. The van der Waals surface area contributed by atoms with Gasteiger partial charge in [-0.1, -0.05) is 11.6 Å². The molecule has 0 amide bonds. The first-order valence-electron chi connectivity index (χ1n) is 4.70. The van der Waals surface area contributed by atoms with Gasteiger partial charge in [-0.05, 0) is 19.1 Å². The number of hydrogen-bond acceptors (Lipinski definition) is 5. The average Bonchev–Trinajstić information content (AvgIpc) is 2.65. The average molecular weight is 239 g/mol. The van der Waals surface area contributed by atoms with Gasteiger partial charge in [-0.25, -0.2) is 9.97 Å². The van der Waals surface area contributed by atoms with E-state index in [9.17, 15) is 0 Å². The lowest BCUT2D eigenvalue weighted by molar-refractivity contribution is 0.546. The molecular weight excluding hydrogens is 228 g/mol. The van der Waals surface area contributed by atoms with Gasteiger partial charge in [-0.3, -0.25) is 0 Å². The van der Waals surface area contributed by atoms with E-state index in [2.05, 4.69) is 9.97 Å². The number of nitrogens with zero attached hydrogens (tertiary/aromatic N) is 2. The van der Waals surface area contributed by atoms with Crippen LogP contribution in [0.25, 0.3) is 11.5 Å². The molecule has 0 saturated carbocycles. The Balaban J connectivity index is 2.56. The second-order valence-corrected chi connectivity index (χ2v) is 3.67. The summed E-state index contributed by atoms with van der Waals surface area (Å²) in [5, 5.41) is 0.212. The zero-order valence-electron chi connectivity index (χ0n) is 8.70. The van der Waals surface area contributed by atoms with Crippen molar-refractivity contribution in [3.63, 3.8) is 0 Å². The number of nitrogens with two attached hydrogens (primary N) is 2. The number of furan rings is 1. The Bertz CT molecular complexity index is 524. The molecular formula is C10H11ClN4O. The van der Waals surface area contributed by atoms with Gasteiger partial charge < -0.3 is 15.9 Å². The molecule has 0 spiro atoms. The van der Waals surface area contributed by atoms with Gasteiger partial charge in [-0.2, -0.15) is 0 Å². The molecule has 4 N–H and O–H groups in total. The predicted octanol–water partition coefficient (Wildman–Crippen LogP) is 1.74. The zero-order valence-corrected chi connectivity index (χ0v) is 9.45. The monoisotopic (exact) mass is 238 g/mol. The van der Waals surface area contributed by atoms with Crippen LogP contribution in [-0.2, 0) is 6.54 Å². The maximum atomic E-state index is 5.95. The zero-order chi connectivity index (χ0) is 11.7. The first-order chi connectivity index (χ1) is 7.61. The first kappa shape index (κ1) is 10.9. The summed E-state index contributed by atoms with van der Waals surface area (Å²) in [5.41, 5.74) is 12.1. The van der Waals surface area contributed by atoms with Crippen molar-refractivity contribution in [3.05, 3.63) is 28.7 Å². The predicted molar refractivity (Wildman–Crippen MR) is 61.8 cm³/mol. The van der Waals surface area contributed by atoms with Crippen LogP contribution in [0.4, 0.5) is 5.82 Å². The van der Waals surface area contributed by atoms with Gasteiger partial charge in [0, 0.05) is 6.54 Å². The Hall–Kier alpha value is -1.59. The van der Waals surface area contributed by atoms with Crippen molar-refractivity contribution < 1.29 is 4.42 Å². The van der Waals surface area contributed by atoms with Crippen molar-refractivity contribution >= 4 is 17.4 Å². The smallest absolute Gasteiger partial charge is 0.160 e. The molecule has 0 fully saturated rings. The summed E-state index contributed by atoms with van der Waals surface area (Å²) in [5.74, 6) is 1.59. The second-order valence-electron chi connectivity index (χ2n) is 3.31. The van der Waals surface area contributed by atoms with E-state index in [0.29, 0.717) is 17.1 Å². The summed E-state index contributed by atoms with van der Waals surface area (Å²) in [6.45, 7) is 2.05. The van der Waals surface area contributed by atoms with Gasteiger partial charge in [0.2, 0.25) is 0 Å². The van der Waals surface area contributed by atoms with Gasteiger partial charge in [0.15, 0.2) is 10.9 Å². The van der Waals surface area contributed by atoms with Gasteiger partial charge in [0.25, 0.3) is 0 Å². The molecule has 2 aromatic rings. The summed E-state index contributed by atoms with van der Waals surface area (Å²) < 4.78 is 5.42. The van der Waals surface area contributed by atoms with Crippen LogP contribution in [0.3, 0.4) is 0 Å². The third kappa shape index (κ3) is 1.87. The Labute approximate surface area is 97.4 Å². The Kier molecular flexibility index (Phi) is 2.80. The van der Waals surface area contributed by atoms with Gasteiger partial charge >= 0.3 is 0 Å². The molecule has 0 aliphatic heterocycles. The molecule has 0 atom stereocenters. The van der Waals surface area contributed by atoms with E-state index in [-0.39, 0.29) is 17.5 Å². The largest absolute Gasteiger partial charge is 0.460 e. The van der Waals surface area contributed by atoms with Gasteiger partial charge in [-0.15, -0.1) is 0 Å². The summed E-state index contributed by atoms with van der Waals surface area (Å²) in [6, 6.07) is 3.60. The lowest BCUT2D eigenvalue weighted by Crippen LogP contribution is -2.07. The fourth-order valence-corrected chi connectivity index (χ4v) is 1.56. The molecule has 6 heteroatoms. The maximum absolute atomic E-state index is 5.95. The van der Waals surface area contributed by atoms with Crippen LogP contribution in [-0.4, -0.2) is 9.97 Å². The van der Waals surface area contributed by atoms with E-state index in [4.69, 9.17) is 27.5 Å². The second kappa shape index (κ2) is 4.11. The molecule has 16 heavy (non-hydrogen) atoms. The van der Waals surface area contributed by atoms with Crippen molar-refractivity contribution in [2.45, 2.75) is 13.5 Å². The Morgan fingerprint density at radius 1 is 1.38 bits per heavy atom. The highest BCUT2D eigenvalue weighted by atomic mass is 35.5. The topological polar surface area (TPSA) is 91.0 Å². The van der Waals surface area contributed by atoms with Crippen LogP contribution in [0, 0.1) is 6.92 Å². The highest BCUT2D eigenvalue weighted by molar-refractivity contribution is 6.31. The molecule has 0 aliphatic rings. The fraction of sp³-hybridized carbons (Fsp3) is 0.200. The molecule has 2 rings (SSSR count).